The molecule has 2 aromatic rings. The first-order chi connectivity index (χ1) is 15.9. The number of hydrogen-bond donors (Lipinski definition) is 1. The van der Waals surface area contributed by atoms with Crippen LogP contribution in [0.2, 0.25) is 15.1 Å². The maximum atomic E-state index is 13.5. The van der Waals surface area contributed by atoms with Gasteiger partial charge in [0.1, 0.15) is 12.6 Å². The molecule has 11 heteroatoms. The van der Waals surface area contributed by atoms with Crippen molar-refractivity contribution in [3.05, 3.63) is 62.6 Å². The fourth-order valence-electron chi connectivity index (χ4n) is 3.27. The highest BCUT2D eigenvalue weighted by molar-refractivity contribution is 7.92. The second kappa shape index (κ2) is 12.1. The van der Waals surface area contributed by atoms with Crippen LogP contribution in [0.1, 0.15) is 31.4 Å². The van der Waals surface area contributed by atoms with Gasteiger partial charge in [-0.2, -0.15) is 0 Å². The average Bonchev–Trinajstić information content (AvgIpc) is 2.76. The molecule has 0 aliphatic carbocycles. The van der Waals surface area contributed by atoms with E-state index in [1.54, 1.807) is 50.2 Å². The summed E-state index contributed by atoms with van der Waals surface area (Å²) in [4.78, 5) is 27.5. The van der Waals surface area contributed by atoms with Crippen LogP contribution < -0.4 is 9.62 Å². The third-order valence-electron chi connectivity index (χ3n) is 5.26. The minimum absolute atomic E-state index is 0.0122. The van der Waals surface area contributed by atoms with Crippen molar-refractivity contribution in [2.75, 3.05) is 23.7 Å². The molecule has 2 amide bonds. The second-order valence-electron chi connectivity index (χ2n) is 7.88. The van der Waals surface area contributed by atoms with Crippen molar-refractivity contribution in [1.29, 1.82) is 0 Å². The molecule has 0 fully saturated rings. The summed E-state index contributed by atoms with van der Waals surface area (Å²) in [6.07, 6.45) is 1.74. The van der Waals surface area contributed by atoms with E-state index in [4.69, 9.17) is 34.8 Å². The SMILES string of the molecule is CCCNC(=O)C(C)N(Cc1ccc(Cl)cc1Cl)C(=O)CN(c1cccc(Cl)c1C)S(C)(=O)=O. The van der Waals surface area contributed by atoms with Crippen molar-refractivity contribution < 1.29 is 18.0 Å². The van der Waals surface area contributed by atoms with Gasteiger partial charge in [0, 0.05) is 28.2 Å². The van der Waals surface area contributed by atoms with Crippen molar-refractivity contribution in [2.45, 2.75) is 39.8 Å². The molecule has 0 aliphatic heterocycles. The van der Waals surface area contributed by atoms with Crippen LogP contribution in [-0.2, 0) is 26.2 Å². The Balaban J connectivity index is 2.45. The molecular formula is C23H28Cl3N3O4S. The van der Waals surface area contributed by atoms with Crippen LogP contribution in [0.4, 0.5) is 5.69 Å². The van der Waals surface area contributed by atoms with Crippen LogP contribution in [0.3, 0.4) is 0 Å². The number of hydrogen-bond acceptors (Lipinski definition) is 4. The fraction of sp³-hybridized carbons (Fsp3) is 0.391. The van der Waals surface area contributed by atoms with Gasteiger partial charge in [-0.15, -0.1) is 0 Å². The molecule has 2 rings (SSSR count). The van der Waals surface area contributed by atoms with Gasteiger partial charge < -0.3 is 10.2 Å². The van der Waals surface area contributed by atoms with Gasteiger partial charge in [-0.3, -0.25) is 13.9 Å². The van der Waals surface area contributed by atoms with Crippen molar-refractivity contribution in [1.82, 2.24) is 10.2 Å². The van der Waals surface area contributed by atoms with Crippen LogP contribution in [0.5, 0.6) is 0 Å². The van der Waals surface area contributed by atoms with Crippen LogP contribution in [-0.4, -0.2) is 50.5 Å². The van der Waals surface area contributed by atoms with Crippen molar-refractivity contribution in [3.8, 4) is 0 Å². The summed E-state index contributed by atoms with van der Waals surface area (Å²) in [5.41, 5.74) is 1.37. The molecule has 0 aliphatic rings. The molecule has 0 aromatic heterocycles. The largest absolute Gasteiger partial charge is 0.354 e. The third kappa shape index (κ3) is 7.25. The maximum absolute atomic E-state index is 13.5. The topological polar surface area (TPSA) is 86.8 Å². The average molecular weight is 549 g/mol. The third-order valence-corrected chi connectivity index (χ3v) is 7.38. The Hall–Kier alpha value is -2.00. The Morgan fingerprint density at radius 3 is 2.35 bits per heavy atom. The Kier molecular flexibility index (Phi) is 10.1. The number of anilines is 1. The Morgan fingerprint density at radius 2 is 1.76 bits per heavy atom. The van der Waals surface area contributed by atoms with E-state index in [1.165, 1.54) is 4.90 Å². The minimum atomic E-state index is -3.85. The predicted octanol–water partition coefficient (Wildman–Crippen LogP) is 4.66. The molecule has 34 heavy (non-hydrogen) atoms. The molecule has 186 valence electrons. The number of carbonyl (C=O) groups excluding carboxylic acids is 2. The first-order valence-corrected chi connectivity index (χ1v) is 13.6. The zero-order valence-electron chi connectivity index (χ0n) is 19.4. The monoisotopic (exact) mass is 547 g/mol. The lowest BCUT2D eigenvalue weighted by molar-refractivity contribution is -0.139. The number of nitrogens with one attached hydrogen (secondary N) is 1. The normalized spacial score (nSPS) is 12.2. The van der Waals surface area contributed by atoms with Gasteiger partial charge in [0.15, 0.2) is 0 Å². The molecule has 7 nitrogen and oxygen atoms in total. The molecule has 1 unspecified atom stereocenters. The number of rotatable bonds is 10. The number of nitrogens with zero attached hydrogens (tertiary/aromatic N) is 2. The summed E-state index contributed by atoms with van der Waals surface area (Å²) in [6, 6.07) is 8.78. The first-order valence-electron chi connectivity index (χ1n) is 10.6. The molecule has 0 bridgehead atoms. The zero-order chi connectivity index (χ0) is 25.6. The molecule has 2 aromatic carbocycles. The van der Waals surface area contributed by atoms with E-state index in [1.807, 2.05) is 6.92 Å². The number of sulfonamides is 1. The summed E-state index contributed by atoms with van der Waals surface area (Å²) in [5.74, 6) is -0.930. The highest BCUT2D eigenvalue weighted by atomic mass is 35.5. The second-order valence-corrected chi connectivity index (χ2v) is 11.0. The number of carbonyl (C=O) groups is 2. The van der Waals surface area contributed by atoms with E-state index in [2.05, 4.69) is 5.32 Å². The van der Waals surface area contributed by atoms with E-state index in [9.17, 15) is 18.0 Å². The summed E-state index contributed by atoms with van der Waals surface area (Å²) in [6.45, 7) is 5.09. The van der Waals surface area contributed by atoms with Gasteiger partial charge in [0.25, 0.3) is 0 Å². The lowest BCUT2D eigenvalue weighted by Crippen LogP contribution is -2.51. The smallest absolute Gasteiger partial charge is 0.244 e. The van der Waals surface area contributed by atoms with Crippen LogP contribution in [0.15, 0.2) is 36.4 Å². The van der Waals surface area contributed by atoms with Gasteiger partial charge in [-0.1, -0.05) is 53.9 Å². The van der Waals surface area contributed by atoms with Crippen molar-refractivity contribution in [2.24, 2.45) is 0 Å². The molecule has 0 spiro atoms. The molecule has 1 atom stereocenters. The lowest BCUT2D eigenvalue weighted by atomic mass is 10.1. The molecule has 0 radical (unpaired) electrons. The van der Waals surface area contributed by atoms with Crippen molar-refractivity contribution >= 4 is 62.3 Å². The lowest BCUT2D eigenvalue weighted by Gasteiger charge is -2.32. The quantitative estimate of drug-likeness (QED) is 0.468. The van der Waals surface area contributed by atoms with Crippen molar-refractivity contribution in [3.63, 3.8) is 0 Å². The molecule has 0 heterocycles. The zero-order valence-corrected chi connectivity index (χ0v) is 22.5. The highest BCUT2D eigenvalue weighted by Crippen LogP contribution is 2.29. The van der Waals surface area contributed by atoms with Gasteiger partial charge in [-0.25, -0.2) is 8.42 Å². The van der Waals surface area contributed by atoms with Crippen LogP contribution in [0, 0.1) is 6.92 Å². The Bertz CT molecular complexity index is 1160. The number of halogens is 3. The Morgan fingerprint density at radius 1 is 1.09 bits per heavy atom. The van der Waals surface area contributed by atoms with E-state index < -0.39 is 28.5 Å². The van der Waals surface area contributed by atoms with E-state index in [0.717, 1.165) is 17.0 Å². The summed E-state index contributed by atoms with van der Waals surface area (Å²) >= 11 is 18.5. The molecule has 0 saturated carbocycles. The molecule has 0 saturated heterocycles. The Labute approximate surface area is 216 Å². The summed E-state index contributed by atoms with van der Waals surface area (Å²) in [7, 11) is -3.85. The molecular weight excluding hydrogens is 521 g/mol. The first kappa shape index (κ1) is 28.2. The highest BCUT2D eigenvalue weighted by Gasteiger charge is 2.31. The summed E-state index contributed by atoms with van der Waals surface area (Å²) in [5, 5.41) is 3.90. The van der Waals surface area contributed by atoms with Gasteiger partial charge in [0.2, 0.25) is 21.8 Å². The fourth-order valence-corrected chi connectivity index (χ4v) is 4.81. The predicted molar refractivity (Wildman–Crippen MR) is 138 cm³/mol. The molecule has 1 N–H and O–H groups in total. The number of benzene rings is 2. The van der Waals surface area contributed by atoms with E-state index >= 15 is 0 Å². The van der Waals surface area contributed by atoms with Gasteiger partial charge >= 0.3 is 0 Å². The van der Waals surface area contributed by atoms with Gasteiger partial charge in [-0.05, 0) is 55.7 Å². The van der Waals surface area contributed by atoms with Gasteiger partial charge in [0.05, 0.1) is 11.9 Å². The van der Waals surface area contributed by atoms with E-state index in [0.29, 0.717) is 32.7 Å². The van der Waals surface area contributed by atoms with Crippen LogP contribution in [0.25, 0.3) is 0 Å². The summed E-state index contributed by atoms with van der Waals surface area (Å²) < 4.78 is 26.3. The van der Waals surface area contributed by atoms with E-state index in [-0.39, 0.29) is 18.1 Å². The maximum Gasteiger partial charge on any atom is 0.244 e. The number of amides is 2. The van der Waals surface area contributed by atoms with Crippen LogP contribution >= 0.6 is 34.8 Å². The minimum Gasteiger partial charge on any atom is -0.354 e. The standard InChI is InChI=1S/C23H28Cl3N3O4S/c1-5-11-27-23(31)16(3)28(13-17-9-10-18(24)12-20(17)26)22(30)14-29(34(4,32)33)21-8-6-7-19(25)15(21)2/h6-10,12,16H,5,11,13-14H2,1-4H3,(H,27,31).